The molecule has 0 unspecified atom stereocenters. The first-order valence-electron chi connectivity index (χ1n) is 11.6. The highest BCUT2D eigenvalue weighted by Gasteiger charge is 2.44. The fourth-order valence-electron chi connectivity index (χ4n) is 5.09. The minimum absolute atomic E-state index is 0.185. The zero-order valence-electron chi connectivity index (χ0n) is 19.2. The van der Waals surface area contributed by atoms with E-state index in [2.05, 4.69) is 0 Å². The fraction of sp³-hybridized carbons (Fsp3) is 0.625. The molecule has 0 radical (unpaired) electrons. The molecule has 2 aliphatic heterocycles. The predicted octanol–water partition coefficient (Wildman–Crippen LogP) is 3.99. The second-order valence-corrected chi connectivity index (χ2v) is 11.2. The van der Waals surface area contributed by atoms with Gasteiger partial charge in [0.05, 0.1) is 18.1 Å². The first kappa shape index (κ1) is 24.3. The molecule has 6 nitrogen and oxygen atoms in total. The van der Waals surface area contributed by atoms with Gasteiger partial charge in [-0.05, 0) is 56.2 Å². The smallest absolute Gasteiger partial charge is 0.248 e. The van der Waals surface area contributed by atoms with Gasteiger partial charge in [0.1, 0.15) is 6.04 Å². The molecular weight excluding hydrogens is 450 g/mol. The molecule has 2 heterocycles. The Bertz CT molecular complexity index is 1030. The summed E-state index contributed by atoms with van der Waals surface area (Å²) < 4.78 is 61.6. The standard InChI is InChI=1S/C24H32F2N2O4S/c1-17-7-8-22(20(15-17)18-5-4-14-32-16-18)33(30,31)28-13-3-6-21(28)23(29)27(2)19-9-11-24(25,26)12-10-19/h5,7-8,15,19,21H,3-4,6,9-14,16H2,1-2H3/t21-/m0/s1. The second kappa shape index (κ2) is 9.43. The number of benzene rings is 1. The summed E-state index contributed by atoms with van der Waals surface area (Å²) in [6.45, 7) is 3.14. The quantitative estimate of drug-likeness (QED) is 0.637. The van der Waals surface area contributed by atoms with E-state index in [9.17, 15) is 22.0 Å². The topological polar surface area (TPSA) is 66.9 Å². The molecule has 1 aliphatic carbocycles. The Morgan fingerprint density at radius 1 is 1.21 bits per heavy atom. The number of amides is 1. The molecule has 1 saturated heterocycles. The van der Waals surface area contributed by atoms with Crippen LogP contribution in [0.4, 0.5) is 8.78 Å². The van der Waals surface area contributed by atoms with Crippen LogP contribution in [0.1, 0.15) is 56.1 Å². The van der Waals surface area contributed by atoms with Crippen LogP contribution < -0.4 is 0 Å². The lowest BCUT2D eigenvalue weighted by Crippen LogP contribution is -2.50. The number of hydrogen-bond acceptors (Lipinski definition) is 4. The lowest BCUT2D eigenvalue weighted by atomic mass is 9.91. The SMILES string of the molecule is Cc1ccc(S(=O)(=O)N2CCC[C@H]2C(=O)N(C)C2CCC(F)(F)CC2)c(C2=CCCOC2)c1. The molecule has 2 fully saturated rings. The van der Waals surface area contributed by atoms with Crippen LogP contribution in [0.25, 0.3) is 5.57 Å². The van der Waals surface area contributed by atoms with Gasteiger partial charge in [0, 0.05) is 32.5 Å². The molecular formula is C24H32F2N2O4S. The molecule has 1 amide bonds. The van der Waals surface area contributed by atoms with Crippen molar-refractivity contribution in [2.75, 3.05) is 26.8 Å². The van der Waals surface area contributed by atoms with Crippen molar-refractivity contribution in [1.82, 2.24) is 9.21 Å². The third-order valence-corrected chi connectivity index (χ3v) is 9.02. The van der Waals surface area contributed by atoms with Crippen molar-refractivity contribution in [1.29, 1.82) is 0 Å². The summed E-state index contributed by atoms with van der Waals surface area (Å²) in [4.78, 5) is 15.0. The predicted molar refractivity (Wildman–Crippen MR) is 121 cm³/mol. The van der Waals surface area contributed by atoms with Gasteiger partial charge in [-0.25, -0.2) is 17.2 Å². The summed E-state index contributed by atoms with van der Waals surface area (Å²) in [7, 11) is -2.33. The van der Waals surface area contributed by atoms with E-state index in [1.807, 2.05) is 19.1 Å². The van der Waals surface area contributed by atoms with E-state index in [4.69, 9.17) is 4.74 Å². The number of rotatable bonds is 5. The monoisotopic (exact) mass is 482 g/mol. The normalized spacial score (nSPS) is 24.5. The number of carbonyl (C=O) groups excluding carboxylic acids is 1. The first-order chi connectivity index (χ1) is 15.6. The maximum absolute atomic E-state index is 13.8. The van der Waals surface area contributed by atoms with Gasteiger partial charge < -0.3 is 9.64 Å². The van der Waals surface area contributed by atoms with E-state index >= 15 is 0 Å². The van der Waals surface area contributed by atoms with E-state index in [0.717, 1.165) is 17.6 Å². The van der Waals surface area contributed by atoms with Crippen LogP contribution in [0.5, 0.6) is 0 Å². The number of likely N-dealkylation sites (N-methyl/N-ethyl adjacent to an activating group) is 1. The minimum atomic E-state index is -3.94. The van der Waals surface area contributed by atoms with Crippen LogP contribution in [0.2, 0.25) is 0 Å². The molecule has 0 N–H and O–H groups in total. The maximum atomic E-state index is 13.8. The van der Waals surface area contributed by atoms with Crippen LogP contribution in [-0.4, -0.2) is 68.3 Å². The molecule has 0 spiro atoms. The third kappa shape index (κ3) is 5.00. The molecule has 1 aromatic carbocycles. The molecule has 1 aromatic rings. The summed E-state index contributed by atoms with van der Waals surface area (Å²) in [5.74, 6) is -2.98. The Hall–Kier alpha value is -1.84. The summed E-state index contributed by atoms with van der Waals surface area (Å²) in [6, 6.07) is 4.13. The van der Waals surface area contributed by atoms with Crippen LogP contribution in [0.3, 0.4) is 0 Å². The summed E-state index contributed by atoms with van der Waals surface area (Å²) >= 11 is 0. The average Bonchev–Trinajstić information content (AvgIpc) is 3.29. The van der Waals surface area contributed by atoms with Gasteiger partial charge in [0.2, 0.25) is 21.9 Å². The number of hydrogen-bond donors (Lipinski definition) is 0. The van der Waals surface area contributed by atoms with Crippen LogP contribution in [-0.2, 0) is 19.6 Å². The molecule has 9 heteroatoms. The van der Waals surface area contributed by atoms with Gasteiger partial charge in [-0.3, -0.25) is 4.79 Å². The van der Waals surface area contributed by atoms with E-state index in [1.165, 1.54) is 9.21 Å². The lowest BCUT2D eigenvalue weighted by molar-refractivity contribution is -0.138. The van der Waals surface area contributed by atoms with Crippen molar-refractivity contribution in [2.24, 2.45) is 0 Å². The molecule has 1 saturated carbocycles. The lowest BCUT2D eigenvalue weighted by Gasteiger charge is -2.37. The highest BCUT2D eigenvalue weighted by Crippen LogP contribution is 2.37. The Labute approximate surface area is 194 Å². The van der Waals surface area contributed by atoms with Crippen molar-refractivity contribution in [2.45, 2.75) is 74.8 Å². The Balaban J connectivity index is 1.59. The number of nitrogens with zero attached hydrogens (tertiary/aromatic N) is 2. The summed E-state index contributed by atoms with van der Waals surface area (Å²) in [6.07, 6.45) is 3.71. The molecule has 0 bridgehead atoms. The highest BCUT2D eigenvalue weighted by atomic mass is 32.2. The molecule has 1 atom stereocenters. The molecule has 182 valence electrons. The first-order valence-corrected chi connectivity index (χ1v) is 13.1. The molecule has 3 aliphatic rings. The highest BCUT2D eigenvalue weighted by molar-refractivity contribution is 7.89. The number of aryl methyl sites for hydroxylation is 1. The number of carbonyl (C=O) groups is 1. The van der Waals surface area contributed by atoms with Gasteiger partial charge in [-0.2, -0.15) is 4.31 Å². The number of halogens is 2. The zero-order chi connectivity index (χ0) is 23.8. The molecule has 4 rings (SSSR count). The van der Waals surface area contributed by atoms with E-state index < -0.39 is 22.0 Å². The minimum Gasteiger partial charge on any atom is -0.376 e. The van der Waals surface area contributed by atoms with Crippen molar-refractivity contribution in [3.63, 3.8) is 0 Å². The second-order valence-electron chi connectivity index (χ2n) is 9.38. The average molecular weight is 483 g/mol. The van der Waals surface area contributed by atoms with Gasteiger partial charge in [-0.1, -0.05) is 23.8 Å². The maximum Gasteiger partial charge on any atom is 0.248 e. The van der Waals surface area contributed by atoms with E-state index in [0.29, 0.717) is 31.6 Å². The van der Waals surface area contributed by atoms with Gasteiger partial charge in [0.25, 0.3) is 0 Å². The summed E-state index contributed by atoms with van der Waals surface area (Å²) in [5, 5.41) is 0. The Morgan fingerprint density at radius 3 is 2.61 bits per heavy atom. The van der Waals surface area contributed by atoms with E-state index in [1.54, 1.807) is 19.2 Å². The molecule has 0 aromatic heterocycles. The van der Waals surface area contributed by atoms with Gasteiger partial charge in [-0.15, -0.1) is 0 Å². The largest absolute Gasteiger partial charge is 0.376 e. The zero-order valence-corrected chi connectivity index (χ0v) is 20.0. The van der Waals surface area contributed by atoms with Crippen LogP contribution in [0, 0.1) is 6.92 Å². The van der Waals surface area contributed by atoms with Crippen molar-refractivity contribution < 1.29 is 26.7 Å². The Morgan fingerprint density at radius 2 is 1.94 bits per heavy atom. The Kier molecular flexibility index (Phi) is 6.94. The van der Waals surface area contributed by atoms with E-state index in [-0.39, 0.29) is 49.1 Å². The third-order valence-electron chi connectivity index (χ3n) is 7.05. The van der Waals surface area contributed by atoms with Gasteiger partial charge in [0.15, 0.2) is 0 Å². The van der Waals surface area contributed by atoms with Crippen molar-refractivity contribution in [3.8, 4) is 0 Å². The fourth-order valence-corrected chi connectivity index (χ4v) is 6.95. The summed E-state index contributed by atoms with van der Waals surface area (Å²) in [5.41, 5.74) is 2.40. The number of alkyl halides is 2. The van der Waals surface area contributed by atoms with Crippen molar-refractivity contribution >= 4 is 21.5 Å². The van der Waals surface area contributed by atoms with Crippen LogP contribution in [0.15, 0.2) is 29.2 Å². The van der Waals surface area contributed by atoms with Crippen molar-refractivity contribution in [3.05, 3.63) is 35.4 Å². The van der Waals surface area contributed by atoms with Crippen LogP contribution >= 0.6 is 0 Å². The molecule has 33 heavy (non-hydrogen) atoms. The van der Waals surface area contributed by atoms with Gasteiger partial charge >= 0.3 is 0 Å². The number of sulfonamides is 1. The number of ether oxygens (including phenoxy) is 1.